The number of hydrogen-bond acceptors (Lipinski definition) is 3. The molecule has 1 unspecified atom stereocenters. The molecule has 6 heteroatoms. The van der Waals surface area contributed by atoms with E-state index in [4.69, 9.17) is 5.73 Å². The van der Waals surface area contributed by atoms with Gasteiger partial charge in [0.25, 0.3) is 5.91 Å². The summed E-state index contributed by atoms with van der Waals surface area (Å²) in [6.07, 6.45) is 1.49. The highest BCUT2D eigenvalue weighted by Crippen LogP contribution is 2.24. The van der Waals surface area contributed by atoms with Crippen LogP contribution in [0, 0.1) is 11.7 Å². The topological polar surface area (TPSA) is 63.4 Å². The number of benzene rings is 2. The number of nitrogens with zero attached hydrogens (tertiary/aromatic N) is 1. The maximum absolute atomic E-state index is 13.0. The smallest absolute Gasteiger partial charge is 0.255 e. The summed E-state index contributed by atoms with van der Waals surface area (Å²) in [5.41, 5.74) is 7.26. The maximum atomic E-state index is 13.0. The van der Waals surface area contributed by atoms with Gasteiger partial charge in [-0.25, -0.2) is 4.39 Å². The number of likely N-dealkylation sites (tertiary alicyclic amines) is 1. The monoisotopic (exact) mass is 362 g/mol. The maximum Gasteiger partial charge on any atom is 0.255 e. The molecular weight excluding hydrogens is 343 g/mol. The summed E-state index contributed by atoms with van der Waals surface area (Å²) in [7, 11) is 0. The predicted octanol–water partition coefficient (Wildman–Crippen LogP) is 3.56. The third kappa shape index (κ3) is 4.17. The summed E-state index contributed by atoms with van der Waals surface area (Å²) in [5.74, 6) is -0.831. The molecule has 1 saturated heterocycles. The molecule has 1 heterocycles. The van der Waals surface area contributed by atoms with Crippen molar-refractivity contribution in [1.82, 2.24) is 4.90 Å². The van der Waals surface area contributed by atoms with Gasteiger partial charge in [0.2, 0.25) is 0 Å². The fraction of sp³-hybridized carbons (Fsp3) is 0.263. The Balaban J connectivity index is 0.00000225. The van der Waals surface area contributed by atoms with Crippen molar-refractivity contribution >= 4 is 29.8 Å². The standard InChI is InChI=1S/C19H19FN2O2.ClH/c20-15-9-7-13(8-10-15)18(23)14-4-3-11-22(12-14)19(24)16-5-1-2-6-17(16)21;/h1-2,5-10,14H,3-4,11-12,21H2;1H. The number of amides is 1. The number of carbonyl (C=O) groups is 2. The van der Waals surface area contributed by atoms with E-state index in [0.29, 0.717) is 29.9 Å². The molecule has 0 spiro atoms. The third-order valence-corrected chi connectivity index (χ3v) is 4.40. The fourth-order valence-corrected chi connectivity index (χ4v) is 3.09. The Morgan fingerprint density at radius 3 is 2.44 bits per heavy atom. The van der Waals surface area contributed by atoms with Gasteiger partial charge in [0.05, 0.1) is 5.56 Å². The summed E-state index contributed by atoms with van der Waals surface area (Å²) in [5, 5.41) is 0. The highest BCUT2D eigenvalue weighted by atomic mass is 35.5. The van der Waals surface area contributed by atoms with Crippen LogP contribution in [0.15, 0.2) is 48.5 Å². The van der Waals surface area contributed by atoms with Gasteiger partial charge >= 0.3 is 0 Å². The molecule has 1 fully saturated rings. The number of nitrogens with two attached hydrogens (primary N) is 1. The predicted molar refractivity (Wildman–Crippen MR) is 97.5 cm³/mol. The lowest BCUT2D eigenvalue weighted by Crippen LogP contribution is -2.42. The van der Waals surface area contributed by atoms with Crippen molar-refractivity contribution < 1.29 is 14.0 Å². The number of hydrogen-bond donors (Lipinski definition) is 1. The van der Waals surface area contributed by atoms with Crippen LogP contribution < -0.4 is 5.73 Å². The number of piperidine rings is 1. The molecule has 25 heavy (non-hydrogen) atoms. The van der Waals surface area contributed by atoms with Crippen LogP contribution >= 0.6 is 12.4 Å². The molecule has 132 valence electrons. The molecule has 0 bridgehead atoms. The second-order valence-corrected chi connectivity index (χ2v) is 6.05. The van der Waals surface area contributed by atoms with E-state index in [9.17, 15) is 14.0 Å². The molecule has 2 aromatic carbocycles. The highest BCUT2D eigenvalue weighted by molar-refractivity contribution is 6.01. The van der Waals surface area contributed by atoms with Crippen molar-refractivity contribution in [3.05, 3.63) is 65.5 Å². The van der Waals surface area contributed by atoms with Crippen molar-refractivity contribution in [2.75, 3.05) is 18.8 Å². The van der Waals surface area contributed by atoms with E-state index in [1.54, 1.807) is 29.2 Å². The van der Waals surface area contributed by atoms with Crippen molar-refractivity contribution in [3.8, 4) is 0 Å². The summed E-state index contributed by atoms with van der Waals surface area (Å²) < 4.78 is 13.0. The van der Waals surface area contributed by atoms with Crippen LogP contribution in [-0.4, -0.2) is 29.7 Å². The number of halogens is 2. The molecule has 0 aromatic heterocycles. The van der Waals surface area contributed by atoms with E-state index in [-0.39, 0.29) is 35.8 Å². The Morgan fingerprint density at radius 2 is 1.76 bits per heavy atom. The number of ketones is 1. The van der Waals surface area contributed by atoms with Crippen LogP contribution in [0.1, 0.15) is 33.6 Å². The Labute approximate surface area is 152 Å². The van der Waals surface area contributed by atoms with Gasteiger partial charge < -0.3 is 10.6 Å². The molecule has 4 nitrogen and oxygen atoms in total. The van der Waals surface area contributed by atoms with Crippen molar-refractivity contribution in [2.24, 2.45) is 5.92 Å². The second-order valence-electron chi connectivity index (χ2n) is 6.05. The Kier molecular flexibility index (Phi) is 6.15. The Morgan fingerprint density at radius 1 is 1.08 bits per heavy atom. The Bertz CT molecular complexity index is 764. The van der Waals surface area contributed by atoms with Gasteiger partial charge in [-0.15, -0.1) is 12.4 Å². The van der Waals surface area contributed by atoms with E-state index in [0.717, 1.165) is 12.8 Å². The molecule has 1 aliphatic heterocycles. The zero-order valence-electron chi connectivity index (χ0n) is 13.7. The number of anilines is 1. The first kappa shape index (κ1) is 18.9. The van der Waals surface area contributed by atoms with Crippen LogP contribution in [0.4, 0.5) is 10.1 Å². The summed E-state index contributed by atoms with van der Waals surface area (Å²) in [4.78, 5) is 26.9. The van der Waals surface area contributed by atoms with Crippen molar-refractivity contribution in [1.29, 1.82) is 0 Å². The molecule has 2 aromatic rings. The highest BCUT2D eigenvalue weighted by Gasteiger charge is 2.30. The Hall–Kier alpha value is -2.40. The number of nitrogen functional groups attached to an aromatic ring is 1. The van der Waals surface area contributed by atoms with Gasteiger partial charge in [-0.05, 0) is 49.2 Å². The first-order chi connectivity index (χ1) is 11.6. The van der Waals surface area contributed by atoms with Gasteiger partial charge in [-0.3, -0.25) is 9.59 Å². The average molecular weight is 363 g/mol. The number of para-hydroxylation sites is 1. The van der Waals surface area contributed by atoms with E-state index < -0.39 is 0 Å². The lowest BCUT2D eigenvalue weighted by molar-refractivity contribution is 0.0638. The minimum atomic E-state index is -0.369. The average Bonchev–Trinajstić information content (AvgIpc) is 2.62. The molecule has 1 aliphatic rings. The van der Waals surface area contributed by atoms with Crippen LogP contribution in [0.2, 0.25) is 0 Å². The minimum Gasteiger partial charge on any atom is -0.398 e. The quantitative estimate of drug-likeness (QED) is 0.670. The molecule has 2 N–H and O–H groups in total. The van der Waals surface area contributed by atoms with Crippen LogP contribution in [-0.2, 0) is 0 Å². The first-order valence-corrected chi connectivity index (χ1v) is 8.00. The molecule has 1 amide bonds. The summed E-state index contributed by atoms with van der Waals surface area (Å²) in [6, 6.07) is 12.5. The normalized spacial score (nSPS) is 16.8. The van der Waals surface area contributed by atoms with Gasteiger partial charge in [-0.1, -0.05) is 12.1 Å². The molecular formula is C19H20ClFN2O2. The van der Waals surface area contributed by atoms with E-state index in [2.05, 4.69) is 0 Å². The molecule has 0 aliphatic carbocycles. The van der Waals surface area contributed by atoms with Gasteiger partial charge in [0.15, 0.2) is 5.78 Å². The van der Waals surface area contributed by atoms with Crippen LogP contribution in [0.5, 0.6) is 0 Å². The van der Waals surface area contributed by atoms with Crippen LogP contribution in [0.3, 0.4) is 0 Å². The molecule has 3 rings (SSSR count). The molecule has 0 radical (unpaired) electrons. The van der Waals surface area contributed by atoms with E-state index in [1.165, 1.54) is 24.3 Å². The second kappa shape index (κ2) is 8.12. The summed E-state index contributed by atoms with van der Waals surface area (Å²) in [6.45, 7) is 0.976. The van der Waals surface area contributed by atoms with Gasteiger partial charge in [-0.2, -0.15) is 0 Å². The SMILES string of the molecule is Cl.Nc1ccccc1C(=O)N1CCCC(C(=O)c2ccc(F)cc2)C1. The lowest BCUT2D eigenvalue weighted by atomic mass is 9.89. The van der Waals surface area contributed by atoms with Gasteiger partial charge in [0.1, 0.15) is 5.82 Å². The van der Waals surface area contributed by atoms with Crippen LogP contribution in [0.25, 0.3) is 0 Å². The van der Waals surface area contributed by atoms with E-state index in [1.807, 2.05) is 0 Å². The number of carbonyl (C=O) groups excluding carboxylic acids is 2. The van der Waals surface area contributed by atoms with E-state index >= 15 is 0 Å². The molecule has 1 atom stereocenters. The zero-order chi connectivity index (χ0) is 17.1. The lowest BCUT2D eigenvalue weighted by Gasteiger charge is -2.32. The molecule has 0 saturated carbocycles. The first-order valence-electron chi connectivity index (χ1n) is 8.00. The number of Topliss-reactive ketones (excluding diaryl/α,β-unsaturated/α-hetero) is 1. The zero-order valence-corrected chi connectivity index (χ0v) is 14.5. The van der Waals surface area contributed by atoms with Crippen molar-refractivity contribution in [3.63, 3.8) is 0 Å². The van der Waals surface area contributed by atoms with Crippen molar-refractivity contribution in [2.45, 2.75) is 12.8 Å². The fourth-order valence-electron chi connectivity index (χ4n) is 3.09. The largest absolute Gasteiger partial charge is 0.398 e. The third-order valence-electron chi connectivity index (χ3n) is 4.40. The summed E-state index contributed by atoms with van der Waals surface area (Å²) >= 11 is 0. The van der Waals surface area contributed by atoms with Gasteiger partial charge in [0, 0.05) is 30.3 Å². The minimum absolute atomic E-state index is 0. The number of rotatable bonds is 3.